The number of hydrogen-bond acceptors (Lipinski definition) is 6. The molecule has 2 heterocycles. The lowest BCUT2D eigenvalue weighted by Gasteiger charge is -2.07. The summed E-state index contributed by atoms with van der Waals surface area (Å²) >= 11 is 0. The number of aliphatic hydroxyl groups excluding tert-OH is 1. The first-order valence-corrected chi connectivity index (χ1v) is 7.90. The Bertz CT molecular complexity index is 813. The number of aliphatic hydroxyl groups is 1. The van der Waals surface area contributed by atoms with Crippen molar-refractivity contribution in [2.75, 3.05) is 20.1 Å². The largest absolute Gasteiger partial charge is 0.503 e. The Kier molecular flexibility index (Phi) is 4.78. The normalized spacial score (nSPS) is 14.3. The molecular formula is C17H18N4O4. The van der Waals surface area contributed by atoms with Gasteiger partial charge in [-0.05, 0) is 6.42 Å². The number of nitrogens with zero attached hydrogens (tertiary/aromatic N) is 3. The summed E-state index contributed by atoms with van der Waals surface area (Å²) < 4.78 is 5.20. The predicted molar refractivity (Wildman–Crippen MR) is 88.4 cm³/mol. The van der Waals surface area contributed by atoms with Gasteiger partial charge < -0.3 is 19.8 Å². The molecule has 1 aliphatic heterocycles. The third-order valence-electron chi connectivity index (χ3n) is 3.86. The summed E-state index contributed by atoms with van der Waals surface area (Å²) in [7, 11) is 1.53. The van der Waals surface area contributed by atoms with Crippen molar-refractivity contribution in [3.63, 3.8) is 0 Å². The molecule has 1 aromatic carbocycles. The molecule has 8 heteroatoms. The van der Waals surface area contributed by atoms with E-state index >= 15 is 0 Å². The molecule has 1 aromatic heterocycles. The Morgan fingerprint density at radius 1 is 1.36 bits per heavy atom. The molecule has 1 aliphatic rings. The van der Waals surface area contributed by atoms with E-state index in [1.54, 1.807) is 0 Å². The Labute approximate surface area is 144 Å². The number of carbonyl (C=O) groups is 2. The molecule has 130 valence electrons. The van der Waals surface area contributed by atoms with Crippen molar-refractivity contribution in [1.29, 1.82) is 0 Å². The SMILES string of the molecule is CN1CC(C(=O)NCCCc2nc(-c3ccccc3)no2)=C(O)C1=O. The number of carbonyl (C=O) groups excluding carboxylic acids is 2. The van der Waals surface area contributed by atoms with Crippen molar-refractivity contribution in [3.8, 4) is 11.4 Å². The molecule has 0 unspecified atom stereocenters. The minimum atomic E-state index is -0.538. The van der Waals surface area contributed by atoms with Crippen LogP contribution in [0.1, 0.15) is 12.3 Å². The van der Waals surface area contributed by atoms with Crippen LogP contribution in [0.15, 0.2) is 46.2 Å². The van der Waals surface area contributed by atoms with Gasteiger partial charge in [-0.1, -0.05) is 35.5 Å². The fourth-order valence-electron chi connectivity index (χ4n) is 2.48. The molecule has 2 N–H and O–H groups in total. The van der Waals surface area contributed by atoms with E-state index in [0.717, 1.165) is 5.56 Å². The second kappa shape index (κ2) is 7.16. The van der Waals surface area contributed by atoms with Crippen molar-refractivity contribution in [2.45, 2.75) is 12.8 Å². The Balaban J connectivity index is 1.47. The number of nitrogens with one attached hydrogen (secondary N) is 1. The summed E-state index contributed by atoms with van der Waals surface area (Å²) in [6.07, 6.45) is 1.12. The average molecular weight is 342 g/mol. The van der Waals surface area contributed by atoms with Crippen molar-refractivity contribution < 1.29 is 19.2 Å². The highest BCUT2D eigenvalue weighted by Crippen LogP contribution is 2.16. The van der Waals surface area contributed by atoms with Gasteiger partial charge >= 0.3 is 0 Å². The van der Waals surface area contributed by atoms with E-state index in [9.17, 15) is 14.7 Å². The maximum Gasteiger partial charge on any atom is 0.289 e. The summed E-state index contributed by atoms with van der Waals surface area (Å²) in [5, 5.41) is 16.3. The lowest BCUT2D eigenvalue weighted by atomic mass is 10.2. The van der Waals surface area contributed by atoms with Crippen LogP contribution in [0.2, 0.25) is 0 Å². The molecule has 8 nitrogen and oxygen atoms in total. The molecular weight excluding hydrogens is 324 g/mol. The van der Waals surface area contributed by atoms with Crippen LogP contribution >= 0.6 is 0 Å². The first kappa shape index (κ1) is 16.7. The number of hydrogen-bond donors (Lipinski definition) is 2. The Hall–Kier alpha value is -3.16. The van der Waals surface area contributed by atoms with Gasteiger partial charge in [-0.25, -0.2) is 0 Å². The topological polar surface area (TPSA) is 109 Å². The lowest BCUT2D eigenvalue weighted by Crippen LogP contribution is -2.29. The number of aryl methyl sites for hydroxylation is 1. The molecule has 0 saturated carbocycles. The lowest BCUT2D eigenvalue weighted by molar-refractivity contribution is -0.126. The summed E-state index contributed by atoms with van der Waals surface area (Å²) in [5.41, 5.74) is 0.972. The van der Waals surface area contributed by atoms with E-state index in [-0.39, 0.29) is 12.1 Å². The maximum absolute atomic E-state index is 12.0. The van der Waals surface area contributed by atoms with Crippen molar-refractivity contribution >= 4 is 11.8 Å². The summed E-state index contributed by atoms with van der Waals surface area (Å²) in [6.45, 7) is 0.483. The molecule has 0 radical (unpaired) electrons. The minimum absolute atomic E-state index is 0.0941. The number of amides is 2. The quantitative estimate of drug-likeness (QED) is 0.760. The highest BCUT2D eigenvalue weighted by Gasteiger charge is 2.31. The van der Waals surface area contributed by atoms with E-state index in [0.29, 0.717) is 31.1 Å². The van der Waals surface area contributed by atoms with E-state index < -0.39 is 17.6 Å². The van der Waals surface area contributed by atoms with E-state index in [2.05, 4.69) is 15.5 Å². The average Bonchev–Trinajstić information content (AvgIpc) is 3.20. The molecule has 0 spiro atoms. The maximum atomic E-state index is 12.0. The zero-order valence-electron chi connectivity index (χ0n) is 13.7. The fourth-order valence-corrected chi connectivity index (χ4v) is 2.48. The Morgan fingerprint density at radius 3 is 2.80 bits per heavy atom. The number of likely N-dealkylation sites (N-methyl/N-ethyl adjacent to an activating group) is 1. The van der Waals surface area contributed by atoms with Crippen LogP contribution in [0.25, 0.3) is 11.4 Å². The van der Waals surface area contributed by atoms with Crippen molar-refractivity contribution in [1.82, 2.24) is 20.4 Å². The number of rotatable bonds is 6. The molecule has 25 heavy (non-hydrogen) atoms. The highest BCUT2D eigenvalue weighted by molar-refractivity contribution is 6.06. The van der Waals surface area contributed by atoms with Gasteiger partial charge in [0, 0.05) is 25.6 Å². The first-order chi connectivity index (χ1) is 12.1. The zero-order chi connectivity index (χ0) is 17.8. The molecule has 2 aromatic rings. The highest BCUT2D eigenvalue weighted by atomic mass is 16.5. The molecule has 3 rings (SSSR count). The summed E-state index contributed by atoms with van der Waals surface area (Å²) in [5.74, 6) is -0.437. The fraction of sp³-hybridized carbons (Fsp3) is 0.294. The van der Waals surface area contributed by atoms with Crippen molar-refractivity contribution in [2.24, 2.45) is 0 Å². The third-order valence-corrected chi connectivity index (χ3v) is 3.86. The van der Waals surface area contributed by atoms with Gasteiger partial charge in [-0.3, -0.25) is 9.59 Å². The third kappa shape index (κ3) is 3.68. The van der Waals surface area contributed by atoms with Gasteiger partial charge in [0.05, 0.1) is 12.1 Å². The van der Waals surface area contributed by atoms with Gasteiger partial charge in [0.1, 0.15) is 0 Å². The van der Waals surface area contributed by atoms with Crippen LogP contribution < -0.4 is 5.32 Å². The second-order valence-electron chi connectivity index (χ2n) is 5.73. The predicted octanol–water partition coefficient (Wildman–Crippen LogP) is 1.07. The Morgan fingerprint density at radius 2 is 2.12 bits per heavy atom. The number of aromatic nitrogens is 2. The summed E-state index contributed by atoms with van der Waals surface area (Å²) in [4.78, 5) is 29.1. The monoisotopic (exact) mass is 342 g/mol. The van der Waals surface area contributed by atoms with Gasteiger partial charge in [0.2, 0.25) is 11.7 Å². The smallest absolute Gasteiger partial charge is 0.289 e. The van der Waals surface area contributed by atoms with Gasteiger partial charge in [-0.15, -0.1) is 0 Å². The molecule has 0 bridgehead atoms. The summed E-state index contributed by atoms with van der Waals surface area (Å²) in [6, 6.07) is 9.51. The van der Waals surface area contributed by atoms with Gasteiger partial charge in [-0.2, -0.15) is 4.98 Å². The zero-order valence-corrected chi connectivity index (χ0v) is 13.7. The van der Waals surface area contributed by atoms with Crippen LogP contribution in [0.4, 0.5) is 0 Å². The molecule has 0 saturated heterocycles. The van der Waals surface area contributed by atoms with Crippen LogP contribution in [0, 0.1) is 0 Å². The van der Waals surface area contributed by atoms with Crippen molar-refractivity contribution in [3.05, 3.63) is 47.6 Å². The van der Waals surface area contributed by atoms with Gasteiger partial charge in [0.25, 0.3) is 11.8 Å². The molecule has 0 aliphatic carbocycles. The molecule has 0 atom stereocenters. The molecule has 0 fully saturated rings. The first-order valence-electron chi connectivity index (χ1n) is 7.90. The van der Waals surface area contributed by atoms with Crippen LogP contribution in [0.3, 0.4) is 0 Å². The van der Waals surface area contributed by atoms with Gasteiger partial charge in [0.15, 0.2) is 5.76 Å². The molecule has 2 amide bonds. The van der Waals surface area contributed by atoms with E-state index in [4.69, 9.17) is 4.52 Å². The standard InChI is InChI=1S/C17H18N4O4/c1-21-10-12(14(22)17(21)24)16(23)18-9-5-8-13-19-15(20-25-13)11-6-3-2-4-7-11/h2-4,6-7,22H,5,8-10H2,1H3,(H,18,23). The minimum Gasteiger partial charge on any atom is -0.503 e. The van der Waals surface area contributed by atoms with Crippen LogP contribution in [0.5, 0.6) is 0 Å². The van der Waals surface area contributed by atoms with Crippen LogP contribution in [-0.4, -0.2) is 52.1 Å². The van der Waals surface area contributed by atoms with Crippen LogP contribution in [-0.2, 0) is 16.0 Å². The number of benzene rings is 1. The van der Waals surface area contributed by atoms with E-state index in [1.165, 1.54) is 11.9 Å². The van der Waals surface area contributed by atoms with E-state index in [1.807, 2.05) is 30.3 Å². The second-order valence-corrected chi connectivity index (χ2v) is 5.73.